The van der Waals surface area contributed by atoms with Gasteiger partial charge in [0.2, 0.25) is 5.91 Å². The maximum Gasteiger partial charge on any atom is 0.226 e. The molecule has 1 aliphatic rings. The van der Waals surface area contributed by atoms with Crippen molar-refractivity contribution in [1.29, 1.82) is 0 Å². The first-order chi connectivity index (χ1) is 8.51. The van der Waals surface area contributed by atoms with Gasteiger partial charge >= 0.3 is 0 Å². The molecule has 3 atom stereocenters. The number of carbonyl (C=O) groups is 1. The van der Waals surface area contributed by atoms with Gasteiger partial charge in [-0.2, -0.15) is 0 Å². The Hall–Kier alpha value is -0.610. The van der Waals surface area contributed by atoms with E-state index in [9.17, 15) is 4.79 Å². The van der Waals surface area contributed by atoms with E-state index in [0.717, 1.165) is 32.6 Å². The zero-order valence-electron chi connectivity index (χ0n) is 12.6. The molecule has 0 bridgehead atoms. The molecule has 0 aromatic heterocycles. The molecule has 1 N–H and O–H groups in total. The number of carbonyl (C=O) groups excluding carboxylic acids is 1. The lowest BCUT2D eigenvalue weighted by molar-refractivity contribution is -0.137. The maximum atomic E-state index is 12.3. The second-order valence-corrected chi connectivity index (χ2v) is 5.63. The number of amides is 1. The maximum absolute atomic E-state index is 12.3. The van der Waals surface area contributed by atoms with Crippen molar-refractivity contribution in [1.82, 2.24) is 15.1 Å². The molecule has 18 heavy (non-hydrogen) atoms. The fourth-order valence-electron chi connectivity index (χ4n) is 2.99. The van der Waals surface area contributed by atoms with E-state index in [1.54, 1.807) is 0 Å². The molecular formula is C14H29N3O. The van der Waals surface area contributed by atoms with Gasteiger partial charge in [0.1, 0.15) is 0 Å². The Labute approximate surface area is 112 Å². The summed E-state index contributed by atoms with van der Waals surface area (Å²) < 4.78 is 0. The highest BCUT2D eigenvalue weighted by molar-refractivity contribution is 5.78. The van der Waals surface area contributed by atoms with Crippen LogP contribution in [0.25, 0.3) is 0 Å². The average molecular weight is 255 g/mol. The fraction of sp³-hybridized carbons (Fsp3) is 0.929. The minimum Gasteiger partial charge on any atom is -0.342 e. The van der Waals surface area contributed by atoms with E-state index in [2.05, 4.69) is 24.1 Å². The van der Waals surface area contributed by atoms with Gasteiger partial charge in [-0.1, -0.05) is 20.8 Å². The van der Waals surface area contributed by atoms with Crippen molar-refractivity contribution in [3.63, 3.8) is 0 Å². The SMILES string of the molecule is CCN1CC[C@H](N(C)C(=O)[C@H](C)CNC)[C@H](C)C1. The van der Waals surface area contributed by atoms with Crippen molar-refractivity contribution in [2.75, 3.05) is 40.3 Å². The molecule has 0 aromatic rings. The predicted molar refractivity (Wildman–Crippen MR) is 75.5 cm³/mol. The second-order valence-electron chi connectivity index (χ2n) is 5.63. The smallest absolute Gasteiger partial charge is 0.226 e. The molecule has 0 radical (unpaired) electrons. The summed E-state index contributed by atoms with van der Waals surface area (Å²) in [6, 6.07) is 0.402. The summed E-state index contributed by atoms with van der Waals surface area (Å²) in [5, 5.41) is 3.08. The summed E-state index contributed by atoms with van der Waals surface area (Å²) in [6.07, 6.45) is 1.10. The Kier molecular flexibility index (Phi) is 6.09. The summed E-state index contributed by atoms with van der Waals surface area (Å²) in [5.41, 5.74) is 0. The van der Waals surface area contributed by atoms with Gasteiger partial charge in [0, 0.05) is 38.6 Å². The molecule has 0 aliphatic carbocycles. The lowest BCUT2D eigenvalue weighted by atomic mass is 9.92. The Morgan fingerprint density at radius 1 is 1.56 bits per heavy atom. The molecule has 0 aromatic carbocycles. The second kappa shape index (κ2) is 7.10. The standard InChI is InChI=1S/C14H29N3O/c1-6-17-8-7-13(12(3)10-17)16(5)14(18)11(2)9-15-4/h11-13,15H,6-10H2,1-5H3/t11-,12-,13+/m1/s1. The minimum atomic E-state index is 0.0661. The van der Waals surface area contributed by atoms with Gasteiger partial charge < -0.3 is 15.1 Å². The monoisotopic (exact) mass is 255 g/mol. The molecule has 106 valence electrons. The first-order valence-electron chi connectivity index (χ1n) is 7.14. The minimum absolute atomic E-state index is 0.0661. The van der Waals surface area contributed by atoms with Crippen LogP contribution in [0, 0.1) is 11.8 Å². The van der Waals surface area contributed by atoms with Crippen molar-refractivity contribution in [2.45, 2.75) is 33.2 Å². The van der Waals surface area contributed by atoms with Crippen molar-refractivity contribution in [3.8, 4) is 0 Å². The van der Waals surface area contributed by atoms with Crippen LogP contribution in [-0.4, -0.2) is 62.0 Å². The van der Waals surface area contributed by atoms with Gasteiger partial charge in [-0.25, -0.2) is 0 Å². The first-order valence-corrected chi connectivity index (χ1v) is 7.14. The first kappa shape index (κ1) is 15.4. The predicted octanol–water partition coefficient (Wildman–Crippen LogP) is 1.03. The van der Waals surface area contributed by atoms with Crippen LogP contribution in [0.5, 0.6) is 0 Å². The number of hydrogen-bond donors (Lipinski definition) is 1. The number of rotatable bonds is 5. The molecule has 0 unspecified atom stereocenters. The summed E-state index contributed by atoms with van der Waals surface area (Å²) in [7, 11) is 3.86. The Morgan fingerprint density at radius 2 is 2.22 bits per heavy atom. The third kappa shape index (κ3) is 3.69. The van der Waals surface area contributed by atoms with Gasteiger partial charge in [-0.3, -0.25) is 4.79 Å². The molecular weight excluding hydrogens is 226 g/mol. The van der Waals surface area contributed by atoms with E-state index < -0.39 is 0 Å². The van der Waals surface area contributed by atoms with Crippen molar-refractivity contribution >= 4 is 5.91 Å². The zero-order valence-corrected chi connectivity index (χ0v) is 12.6. The molecule has 1 rings (SSSR count). The Balaban J connectivity index is 2.56. The van der Waals surface area contributed by atoms with Gasteiger partial charge in [-0.05, 0) is 25.9 Å². The van der Waals surface area contributed by atoms with Crippen LogP contribution >= 0.6 is 0 Å². The molecule has 4 heteroatoms. The number of nitrogens with one attached hydrogen (secondary N) is 1. The highest BCUT2D eigenvalue weighted by Crippen LogP contribution is 2.22. The van der Waals surface area contributed by atoms with E-state index in [1.807, 2.05) is 25.9 Å². The van der Waals surface area contributed by atoms with E-state index in [1.165, 1.54) is 0 Å². The van der Waals surface area contributed by atoms with E-state index in [4.69, 9.17) is 0 Å². The van der Waals surface area contributed by atoms with Crippen molar-refractivity contribution in [3.05, 3.63) is 0 Å². The molecule has 0 saturated carbocycles. The van der Waals surface area contributed by atoms with Gasteiger partial charge in [0.25, 0.3) is 0 Å². The van der Waals surface area contributed by atoms with E-state index in [0.29, 0.717) is 12.0 Å². The highest BCUT2D eigenvalue weighted by atomic mass is 16.2. The van der Waals surface area contributed by atoms with Crippen LogP contribution < -0.4 is 5.32 Å². The normalized spacial score (nSPS) is 26.9. The van der Waals surface area contributed by atoms with Crippen LogP contribution in [0.2, 0.25) is 0 Å². The number of nitrogens with zero attached hydrogens (tertiary/aromatic N) is 2. The van der Waals surface area contributed by atoms with Gasteiger partial charge in [-0.15, -0.1) is 0 Å². The van der Waals surface area contributed by atoms with Crippen molar-refractivity contribution < 1.29 is 4.79 Å². The number of likely N-dealkylation sites (tertiary alicyclic amines) is 1. The molecule has 0 spiro atoms. The zero-order chi connectivity index (χ0) is 13.7. The van der Waals surface area contributed by atoms with Crippen LogP contribution in [0.1, 0.15) is 27.2 Å². The summed E-state index contributed by atoms with van der Waals surface area (Å²) in [6.45, 7) is 10.6. The van der Waals surface area contributed by atoms with Crippen molar-refractivity contribution in [2.24, 2.45) is 11.8 Å². The van der Waals surface area contributed by atoms with Crippen LogP contribution in [0.15, 0.2) is 0 Å². The fourth-order valence-corrected chi connectivity index (χ4v) is 2.99. The molecule has 1 fully saturated rings. The molecule has 1 heterocycles. The lowest BCUT2D eigenvalue weighted by Gasteiger charge is -2.41. The quantitative estimate of drug-likeness (QED) is 0.797. The highest BCUT2D eigenvalue weighted by Gasteiger charge is 2.31. The molecule has 1 amide bonds. The third-order valence-electron chi connectivity index (χ3n) is 4.17. The average Bonchev–Trinajstić information content (AvgIpc) is 2.37. The molecule has 1 aliphatic heterocycles. The summed E-state index contributed by atoms with van der Waals surface area (Å²) in [4.78, 5) is 16.8. The molecule has 1 saturated heterocycles. The van der Waals surface area contributed by atoms with Crippen LogP contribution in [0.4, 0.5) is 0 Å². The van der Waals surface area contributed by atoms with E-state index in [-0.39, 0.29) is 11.8 Å². The molecule has 4 nitrogen and oxygen atoms in total. The number of hydrogen-bond acceptors (Lipinski definition) is 3. The van der Waals surface area contributed by atoms with Gasteiger partial charge in [0.15, 0.2) is 0 Å². The Bertz CT molecular complexity index is 270. The largest absolute Gasteiger partial charge is 0.342 e. The van der Waals surface area contributed by atoms with Crippen LogP contribution in [0.3, 0.4) is 0 Å². The Morgan fingerprint density at radius 3 is 2.72 bits per heavy atom. The topological polar surface area (TPSA) is 35.6 Å². The summed E-state index contributed by atoms with van der Waals surface area (Å²) >= 11 is 0. The summed E-state index contributed by atoms with van der Waals surface area (Å²) in [5.74, 6) is 0.900. The van der Waals surface area contributed by atoms with Crippen LogP contribution in [-0.2, 0) is 4.79 Å². The van der Waals surface area contributed by atoms with E-state index >= 15 is 0 Å². The van der Waals surface area contributed by atoms with Gasteiger partial charge in [0.05, 0.1) is 0 Å². The third-order valence-corrected chi connectivity index (χ3v) is 4.17. The lowest BCUT2D eigenvalue weighted by Crippen LogP contribution is -2.52. The number of piperidine rings is 1.